The van der Waals surface area contributed by atoms with Crippen LogP contribution in [0, 0.1) is 13.8 Å². The highest BCUT2D eigenvalue weighted by molar-refractivity contribution is 7.14. The maximum absolute atomic E-state index is 11.9. The lowest BCUT2D eigenvalue weighted by atomic mass is 10.2. The van der Waals surface area contributed by atoms with E-state index >= 15 is 0 Å². The minimum absolute atomic E-state index is 0.0341. The number of amides is 1. The molecule has 5 nitrogen and oxygen atoms in total. The van der Waals surface area contributed by atoms with Crippen molar-refractivity contribution in [1.29, 1.82) is 0 Å². The summed E-state index contributed by atoms with van der Waals surface area (Å²) in [5, 5.41) is 2.64. The smallest absolute Gasteiger partial charge is 0.306 e. The Morgan fingerprint density at radius 2 is 1.71 bits per heavy atom. The molecule has 0 bridgehead atoms. The van der Waals surface area contributed by atoms with Crippen LogP contribution in [0.25, 0.3) is 0 Å². The zero-order chi connectivity index (χ0) is 17.5. The summed E-state index contributed by atoms with van der Waals surface area (Å²) >= 11 is 1.40. The van der Waals surface area contributed by atoms with Crippen molar-refractivity contribution in [2.75, 3.05) is 11.9 Å². The van der Waals surface area contributed by atoms with Gasteiger partial charge in [-0.1, -0.05) is 17.7 Å². The number of thiophene rings is 1. The number of ketones is 1. The Bertz CT molecular complexity index is 734. The monoisotopic (exact) mass is 345 g/mol. The largest absolute Gasteiger partial charge is 0.456 e. The number of nitrogens with one attached hydrogen (secondary N) is 1. The van der Waals surface area contributed by atoms with E-state index < -0.39 is 11.9 Å². The number of esters is 1. The van der Waals surface area contributed by atoms with Crippen molar-refractivity contribution in [1.82, 2.24) is 0 Å². The van der Waals surface area contributed by atoms with Gasteiger partial charge in [-0.3, -0.25) is 14.4 Å². The van der Waals surface area contributed by atoms with Gasteiger partial charge in [-0.15, -0.1) is 11.3 Å². The van der Waals surface area contributed by atoms with Crippen LogP contribution in [0.1, 0.15) is 33.0 Å². The molecular weight excluding hydrogens is 326 g/mol. The first kappa shape index (κ1) is 17.9. The SMILES string of the molecule is Cc1ccc(NC(=O)COC(=O)CCC(=O)c2ccc(C)s2)cc1. The molecule has 0 aliphatic carbocycles. The Morgan fingerprint density at radius 3 is 2.33 bits per heavy atom. The van der Waals surface area contributed by atoms with Crippen molar-refractivity contribution in [2.45, 2.75) is 26.7 Å². The molecule has 2 aromatic rings. The molecule has 0 saturated heterocycles. The first-order chi connectivity index (χ1) is 11.4. The van der Waals surface area contributed by atoms with Crippen molar-refractivity contribution in [2.24, 2.45) is 0 Å². The summed E-state index contributed by atoms with van der Waals surface area (Å²) in [4.78, 5) is 36.9. The van der Waals surface area contributed by atoms with Crippen LogP contribution < -0.4 is 5.32 Å². The third-order valence-corrected chi connectivity index (χ3v) is 4.31. The molecule has 1 heterocycles. The third kappa shape index (κ3) is 5.62. The number of Topliss-reactive ketones (excluding diaryl/α,β-unsaturated/α-hetero) is 1. The lowest BCUT2D eigenvalue weighted by Gasteiger charge is -2.06. The molecule has 0 fully saturated rings. The van der Waals surface area contributed by atoms with Gasteiger partial charge in [0.05, 0.1) is 11.3 Å². The van der Waals surface area contributed by atoms with E-state index in [1.165, 1.54) is 11.3 Å². The number of anilines is 1. The minimum Gasteiger partial charge on any atom is -0.456 e. The van der Waals surface area contributed by atoms with Gasteiger partial charge in [0.25, 0.3) is 5.91 Å². The topological polar surface area (TPSA) is 72.5 Å². The third-order valence-electron chi connectivity index (χ3n) is 3.27. The Balaban J connectivity index is 1.69. The van der Waals surface area contributed by atoms with E-state index in [1.807, 2.05) is 32.0 Å². The van der Waals surface area contributed by atoms with Gasteiger partial charge in [0.1, 0.15) is 0 Å². The van der Waals surface area contributed by atoms with Crippen molar-refractivity contribution >= 4 is 34.7 Å². The highest BCUT2D eigenvalue weighted by Crippen LogP contribution is 2.17. The summed E-state index contributed by atoms with van der Waals surface area (Å²) < 4.78 is 4.89. The van der Waals surface area contributed by atoms with Crippen molar-refractivity contribution in [3.05, 3.63) is 51.7 Å². The molecule has 24 heavy (non-hydrogen) atoms. The maximum atomic E-state index is 11.9. The Morgan fingerprint density at radius 1 is 1.00 bits per heavy atom. The van der Waals surface area contributed by atoms with E-state index in [0.29, 0.717) is 10.6 Å². The van der Waals surface area contributed by atoms with E-state index in [1.54, 1.807) is 18.2 Å². The molecule has 0 unspecified atom stereocenters. The van der Waals surface area contributed by atoms with Crippen LogP contribution in [-0.2, 0) is 14.3 Å². The summed E-state index contributed by atoms with van der Waals surface area (Å²) in [5.74, 6) is -1.06. The number of ether oxygens (including phenoxy) is 1. The molecule has 1 aromatic heterocycles. The molecule has 0 radical (unpaired) electrons. The van der Waals surface area contributed by atoms with Crippen LogP contribution in [0.4, 0.5) is 5.69 Å². The molecule has 0 aliphatic heterocycles. The molecule has 0 aliphatic rings. The van der Waals surface area contributed by atoms with Gasteiger partial charge in [0, 0.05) is 17.0 Å². The van der Waals surface area contributed by atoms with E-state index in [-0.39, 0.29) is 25.2 Å². The molecular formula is C18H19NO4S. The number of hydrogen-bond acceptors (Lipinski definition) is 5. The predicted octanol–water partition coefficient (Wildman–Crippen LogP) is 3.51. The Kier molecular flexibility index (Phi) is 6.26. The average Bonchev–Trinajstić information content (AvgIpc) is 2.99. The second kappa shape index (κ2) is 8.40. The van der Waals surface area contributed by atoms with Gasteiger partial charge in [-0.25, -0.2) is 0 Å². The molecule has 0 saturated carbocycles. The number of benzene rings is 1. The van der Waals surface area contributed by atoms with Crippen LogP contribution in [0.5, 0.6) is 0 Å². The Hall–Kier alpha value is -2.47. The number of hydrogen-bond donors (Lipinski definition) is 1. The molecule has 1 amide bonds. The second-order valence-corrected chi connectivity index (χ2v) is 6.70. The fourth-order valence-electron chi connectivity index (χ4n) is 1.98. The van der Waals surface area contributed by atoms with Gasteiger partial charge < -0.3 is 10.1 Å². The number of carbonyl (C=O) groups is 3. The fraction of sp³-hybridized carbons (Fsp3) is 0.278. The average molecular weight is 345 g/mol. The zero-order valence-electron chi connectivity index (χ0n) is 13.6. The number of carbonyl (C=O) groups excluding carboxylic acids is 3. The van der Waals surface area contributed by atoms with Crippen LogP contribution in [0.2, 0.25) is 0 Å². The van der Waals surface area contributed by atoms with Gasteiger partial charge in [-0.2, -0.15) is 0 Å². The predicted molar refractivity (Wildman–Crippen MR) is 93.4 cm³/mol. The van der Waals surface area contributed by atoms with Crippen LogP contribution in [0.3, 0.4) is 0 Å². The summed E-state index contributed by atoms with van der Waals surface area (Å²) in [6.45, 7) is 3.51. The normalized spacial score (nSPS) is 10.2. The number of aryl methyl sites for hydroxylation is 2. The molecule has 1 N–H and O–H groups in total. The highest BCUT2D eigenvalue weighted by Gasteiger charge is 2.13. The first-order valence-electron chi connectivity index (χ1n) is 7.56. The molecule has 2 rings (SSSR count). The van der Waals surface area contributed by atoms with Crippen LogP contribution in [-0.4, -0.2) is 24.3 Å². The van der Waals surface area contributed by atoms with E-state index in [0.717, 1.165) is 10.4 Å². The van der Waals surface area contributed by atoms with Crippen molar-refractivity contribution in [3.63, 3.8) is 0 Å². The highest BCUT2D eigenvalue weighted by atomic mass is 32.1. The van der Waals surface area contributed by atoms with Gasteiger partial charge in [0.15, 0.2) is 12.4 Å². The van der Waals surface area contributed by atoms with Crippen LogP contribution >= 0.6 is 11.3 Å². The molecule has 126 valence electrons. The standard InChI is InChI=1S/C18H19NO4S/c1-12-3-6-14(7-4-12)19-17(21)11-23-18(22)10-8-15(20)16-9-5-13(2)24-16/h3-7,9H,8,10-11H2,1-2H3,(H,19,21). The summed E-state index contributed by atoms with van der Waals surface area (Å²) in [6.07, 6.45) is 0.0476. The summed E-state index contributed by atoms with van der Waals surface area (Å²) in [6, 6.07) is 10.9. The van der Waals surface area contributed by atoms with E-state index in [4.69, 9.17) is 4.74 Å². The van der Waals surface area contributed by atoms with Crippen molar-refractivity contribution in [3.8, 4) is 0 Å². The van der Waals surface area contributed by atoms with E-state index in [9.17, 15) is 14.4 Å². The summed E-state index contributed by atoms with van der Waals surface area (Å²) in [5.41, 5.74) is 1.73. The lowest BCUT2D eigenvalue weighted by molar-refractivity contribution is -0.147. The van der Waals surface area contributed by atoms with Crippen molar-refractivity contribution < 1.29 is 19.1 Å². The fourth-order valence-corrected chi connectivity index (χ4v) is 2.81. The van der Waals surface area contributed by atoms with Crippen LogP contribution in [0.15, 0.2) is 36.4 Å². The van der Waals surface area contributed by atoms with Gasteiger partial charge in [-0.05, 0) is 38.1 Å². The van der Waals surface area contributed by atoms with E-state index in [2.05, 4.69) is 5.32 Å². The lowest BCUT2D eigenvalue weighted by Crippen LogP contribution is -2.21. The van der Waals surface area contributed by atoms with Gasteiger partial charge in [0.2, 0.25) is 0 Å². The molecule has 0 atom stereocenters. The molecule has 0 spiro atoms. The van der Waals surface area contributed by atoms with Gasteiger partial charge >= 0.3 is 5.97 Å². The second-order valence-electron chi connectivity index (χ2n) is 5.41. The zero-order valence-corrected chi connectivity index (χ0v) is 14.4. The first-order valence-corrected chi connectivity index (χ1v) is 8.37. The number of rotatable bonds is 7. The quantitative estimate of drug-likeness (QED) is 0.616. The molecule has 1 aromatic carbocycles. The Labute approximate surface area is 144 Å². The maximum Gasteiger partial charge on any atom is 0.306 e. The molecule has 6 heteroatoms. The minimum atomic E-state index is -0.560. The summed E-state index contributed by atoms with van der Waals surface area (Å²) in [7, 11) is 0.